The first-order chi connectivity index (χ1) is 9.67. The summed E-state index contributed by atoms with van der Waals surface area (Å²) in [4.78, 5) is 6.63. The summed E-state index contributed by atoms with van der Waals surface area (Å²) in [7, 11) is 2.02. The monoisotopic (exact) mass is 297 g/mol. The quantitative estimate of drug-likeness (QED) is 0.478. The molecule has 0 bridgehead atoms. The van der Waals surface area contributed by atoms with E-state index in [2.05, 4.69) is 28.2 Å². The van der Waals surface area contributed by atoms with Crippen molar-refractivity contribution >= 4 is 17.6 Å². The fourth-order valence-corrected chi connectivity index (χ4v) is 2.03. The molecule has 4 nitrogen and oxygen atoms in total. The van der Waals surface area contributed by atoms with Crippen LogP contribution < -0.4 is 5.32 Å². The lowest BCUT2D eigenvalue weighted by molar-refractivity contribution is 0.155. The maximum atomic E-state index is 6.01. The van der Waals surface area contributed by atoms with E-state index in [4.69, 9.17) is 16.3 Å². The molecule has 0 heterocycles. The van der Waals surface area contributed by atoms with Crippen molar-refractivity contribution < 1.29 is 4.74 Å². The zero-order chi connectivity index (χ0) is 14.8. The molecule has 112 valence electrons. The molecule has 0 aliphatic heterocycles. The molecule has 1 rings (SSSR count). The Kier molecular flexibility index (Phi) is 8.07. The number of aliphatic imine (C=N–C) groups is 1. The molecule has 0 amide bonds. The molecule has 1 aromatic carbocycles. The van der Waals surface area contributed by atoms with E-state index >= 15 is 0 Å². The van der Waals surface area contributed by atoms with E-state index in [1.807, 2.05) is 32.2 Å². The van der Waals surface area contributed by atoms with Crippen molar-refractivity contribution in [2.45, 2.75) is 20.4 Å². The van der Waals surface area contributed by atoms with Gasteiger partial charge in [-0.15, -0.1) is 0 Å². The summed E-state index contributed by atoms with van der Waals surface area (Å²) in [5, 5.41) is 4.04. The molecule has 0 aromatic heterocycles. The van der Waals surface area contributed by atoms with Crippen molar-refractivity contribution in [1.29, 1.82) is 0 Å². The molecular weight excluding hydrogens is 274 g/mol. The van der Waals surface area contributed by atoms with Gasteiger partial charge < -0.3 is 15.0 Å². The van der Waals surface area contributed by atoms with Crippen molar-refractivity contribution in [3.8, 4) is 0 Å². The van der Waals surface area contributed by atoms with Crippen LogP contribution in [0.5, 0.6) is 0 Å². The van der Waals surface area contributed by atoms with E-state index in [1.54, 1.807) is 0 Å². The highest BCUT2D eigenvalue weighted by Gasteiger charge is 2.06. The smallest absolute Gasteiger partial charge is 0.194 e. The third-order valence-electron chi connectivity index (χ3n) is 2.71. The summed E-state index contributed by atoms with van der Waals surface area (Å²) in [5.41, 5.74) is 1.16. The van der Waals surface area contributed by atoms with E-state index in [9.17, 15) is 0 Å². The lowest BCUT2D eigenvalue weighted by atomic mass is 10.2. The van der Waals surface area contributed by atoms with Gasteiger partial charge in [-0.1, -0.05) is 23.7 Å². The molecule has 0 unspecified atom stereocenters. The van der Waals surface area contributed by atoms with E-state index in [1.165, 1.54) is 0 Å². The number of nitrogens with one attached hydrogen (secondary N) is 1. The van der Waals surface area contributed by atoms with E-state index in [0.29, 0.717) is 13.2 Å². The second-order valence-electron chi connectivity index (χ2n) is 4.42. The summed E-state index contributed by atoms with van der Waals surface area (Å²) >= 11 is 6.01. The summed E-state index contributed by atoms with van der Waals surface area (Å²) in [6, 6.07) is 7.88. The average Bonchev–Trinajstić information content (AvgIpc) is 2.42. The molecule has 5 heteroatoms. The Balaban J connectivity index is 2.61. The van der Waals surface area contributed by atoms with Crippen LogP contribution in [0.15, 0.2) is 29.3 Å². The summed E-state index contributed by atoms with van der Waals surface area (Å²) in [6.45, 7) is 7.69. The van der Waals surface area contributed by atoms with Gasteiger partial charge in [-0.2, -0.15) is 0 Å². The van der Waals surface area contributed by atoms with Crippen LogP contribution in [0.1, 0.15) is 19.4 Å². The Bertz CT molecular complexity index is 423. The van der Waals surface area contributed by atoms with Crippen molar-refractivity contribution in [3.63, 3.8) is 0 Å². The van der Waals surface area contributed by atoms with Gasteiger partial charge in [0.25, 0.3) is 0 Å². The lowest BCUT2D eigenvalue weighted by Crippen LogP contribution is -2.38. The first-order valence-electron chi connectivity index (χ1n) is 6.99. The van der Waals surface area contributed by atoms with Crippen LogP contribution in [0.4, 0.5) is 0 Å². The fraction of sp³-hybridized carbons (Fsp3) is 0.533. The first-order valence-corrected chi connectivity index (χ1v) is 7.36. The van der Waals surface area contributed by atoms with Crippen LogP contribution in [0.25, 0.3) is 0 Å². The first kappa shape index (κ1) is 16.8. The van der Waals surface area contributed by atoms with Gasteiger partial charge in [-0.3, -0.25) is 4.99 Å². The van der Waals surface area contributed by atoms with Crippen molar-refractivity contribution in [1.82, 2.24) is 10.2 Å². The van der Waals surface area contributed by atoms with Gasteiger partial charge in [0, 0.05) is 31.8 Å². The molecule has 0 spiro atoms. The van der Waals surface area contributed by atoms with Gasteiger partial charge in [0.05, 0.1) is 13.2 Å². The predicted molar refractivity (Wildman–Crippen MR) is 85.4 cm³/mol. The van der Waals surface area contributed by atoms with Crippen LogP contribution >= 0.6 is 11.6 Å². The zero-order valence-electron chi connectivity index (χ0n) is 12.5. The molecule has 20 heavy (non-hydrogen) atoms. The van der Waals surface area contributed by atoms with Crippen molar-refractivity contribution in [2.24, 2.45) is 4.99 Å². The number of guanidine groups is 1. The molecular formula is C15H24ClN3O. The normalized spacial score (nSPS) is 11.5. The van der Waals surface area contributed by atoms with Crippen LogP contribution in [-0.4, -0.2) is 44.2 Å². The van der Waals surface area contributed by atoms with Crippen molar-refractivity contribution in [2.75, 3.05) is 33.4 Å². The van der Waals surface area contributed by atoms with E-state index in [0.717, 1.165) is 36.2 Å². The molecule has 0 fully saturated rings. The van der Waals surface area contributed by atoms with Gasteiger partial charge in [0.1, 0.15) is 0 Å². The Morgan fingerprint density at radius 3 is 2.85 bits per heavy atom. The van der Waals surface area contributed by atoms with E-state index in [-0.39, 0.29) is 0 Å². The molecule has 0 saturated heterocycles. The third-order valence-corrected chi connectivity index (χ3v) is 2.94. The summed E-state index contributed by atoms with van der Waals surface area (Å²) in [5.74, 6) is 0.882. The van der Waals surface area contributed by atoms with Gasteiger partial charge in [0.15, 0.2) is 5.96 Å². The minimum absolute atomic E-state index is 0.649. The number of benzene rings is 1. The summed E-state index contributed by atoms with van der Waals surface area (Å²) < 4.78 is 5.30. The minimum atomic E-state index is 0.649. The fourth-order valence-electron chi connectivity index (χ4n) is 1.81. The van der Waals surface area contributed by atoms with Crippen LogP contribution in [0, 0.1) is 0 Å². The molecule has 0 radical (unpaired) electrons. The zero-order valence-corrected chi connectivity index (χ0v) is 13.3. The Hall–Kier alpha value is -1.26. The molecule has 1 N–H and O–H groups in total. The second kappa shape index (κ2) is 9.61. The van der Waals surface area contributed by atoms with Gasteiger partial charge in [-0.25, -0.2) is 0 Å². The number of hydrogen-bond donors (Lipinski definition) is 1. The van der Waals surface area contributed by atoms with Gasteiger partial charge in [0.2, 0.25) is 0 Å². The second-order valence-corrected chi connectivity index (χ2v) is 4.85. The highest BCUT2D eigenvalue weighted by atomic mass is 35.5. The number of hydrogen-bond acceptors (Lipinski definition) is 2. The third kappa shape index (κ3) is 6.26. The highest BCUT2D eigenvalue weighted by Crippen LogP contribution is 2.12. The summed E-state index contributed by atoms with van der Waals surface area (Å²) in [6.07, 6.45) is 0. The van der Waals surface area contributed by atoms with Crippen LogP contribution in [-0.2, 0) is 11.3 Å². The number of halogens is 1. The van der Waals surface area contributed by atoms with E-state index < -0.39 is 0 Å². The Morgan fingerprint density at radius 2 is 2.20 bits per heavy atom. The Morgan fingerprint density at radius 1 is 1.40 bits per heavy atom. The van der Waals surface area contributed by atoms with Gasteiger partial charge in [-0.05, 0) is 31.5 Å². The number of ether oxygens (including phenoxy) is 1. The van der Waals surface area contributed by atoms with Crippen molar-refractivity contribution in [3.05, 3.63) is 34.9 Å². The molecule has 0 aliphatic carbocycles. The Labute approximate surface area is 126 Å². The largest absolute Gasteiger partial charge is 0.380 e. The standard InChI is InChI=1S/C15H24ClN3O/c1-4-17-15(18-9-10-20-5-2)19(3)12-13-7-6-8-14(16)11-13/h6-8,11H,4-5,9-10,12H2,1-3H3,(H,17,18). The molecule has 1 aromatic rings. The SMILES string of the molecule is CCNC(=NCCOCC)N(C)Cc1cccc(Cl)c1. The topological polar surface area (TPSA) is 36.9 Å². The molecule has 0 aliphatic rings. The average molecular weight is 298 g/mol. The number of nitrogens with zero attached hydrogens (tertiary/aromatic N) is 2. The van der Waals surface area contributed by atoms with Crippen LogP contribution in [0.3, 0.4) is 0 Å². The maximum Gasteiger partial charge on any atom is 0.194 e. The number of rotatable bonds is 7. The predicted octanol–water partition coefficient (Wildman–Crippen LogP) is 2.77. The lowest BCUT2D eigenvalue weighted by Gasteiger charge is -2.22. The minimum Gasteiger partial charge on any atom is -0.380 e. The van der Waals surface area contributed by atoms with Gasteiger partial charge >= 0.3 is 0 Å². The highest BCUT2D eigenvalue weighted by molar-refractivity contribution is 6.30. The van der Waals surface area contributed by atoms with Crippen LogP contribution in [0.2, 0.25) is 5.02 Å². The maximum absolute atomic E-state index is 6.01. The molecule has 0 atom stereocenters. The molecule has 0 saturated carbocycles.